The molecule has 2 aromatic heterocycles. The van der Waals surface area contributed by atoms with Gasteiger partial charge in [0.2, 0.25) is 0 Å². The van der Waals surface area contributed by atoms with E-state index in [0.717, 1.165) is 43.0 Å². The summed E-state index contributed by atoms with van der Waals surface area (Å²) in [7, 11) is 1.91. The first-order valence-corrected chi connectivity index (χ1v) is 12.6. The smallest absolute Gasteiger partial charge is 0.168 e. The van der Waals surface area contributed by atoms with Crippen molar-refractivity contribution in [2.45, 2.75) is 58.8 Å². The van der Waals surface area contributed by atoms with Crippen molar-refractivity contribution in [3.05, 3.63) is 16.3 Å². The Morgan fingerprint density at radius 2 is 1.83 bits per heavy atom. The maximum Gasteiger partial charge on any atom is 0.168 e. The molecule has 1 saturated heterocycles. The lowest BCUT2D eigenvalue weighted by Crippen LogP contribution is -2.51. The average molecular weight is 444 g/mol. The zero-order valence-electron chi connectivity index (χ0n) is 18.6. The first kappa shape index (κ1) is 20.4. The number of thiocarbonyl (C=S) groups is 1. The summed E-state index contributed by atoms with van der Waals surface area (Å²) in [5.41, 5.74) is 1.91. The molecule has 1 saturated carbocycles. The molecule has 0 aromatic carbocycles. The molecule has 1 atom stereocenters. The summed E-state index contributed by atoms with van der Waals surface area (Å²) in [5.74, 6) is 3.61. The van der Waals surface area contributed by atoms with Crippen molar-refractivity contribution >= 4 is 44.7 Å². The van der Waals surface area contributed by atoms with Gasteiger partial charge in [0.05, 0.1) is 5.39 Å². The number of anilines is 1. The third kappa shape index (κ3) is 3.68. The molecule has 0 spiro atoms. The molecule has 5 rings (SSSR count). The van der Waals surface area contributed by atoms with Gasteiger partial charge in [0.25, 0.3) is 0 Å². The minimum atomic E-state index is 0.365. The Morgan fingerprint density at radius 1 is 1.10 bits per heavy atom. The Labute approximate surface area is 189 Å². The number of hydrogen-bond donors (Lipinski definition) is 1. The van der Waals surface area contributed by atoms with E-state index in [1.54, 1.807) is 10.4 Å². The predicted octanol–water partition coefficient (Wildman–Crippen LogP) is 4.35. The van der Waals surface area contributed by atoms with Gasteiger partial charge in [-0.3, -0.25) is 0 Å². The Morgan fingerprint density at radius 3 is 2.47 bits per heavy atom. The molecule has 162 valence electrons. The van der Waals surface area contributed by atoms with Gasteiger partial charge in [-0.25, -0.2) is 9.97 Å². The van der Waals surface area contributed by atoms with Crippen LogP contribution in [0.25, 0.3) is 10.2 Å². The second-order valence-corrected chi connectivity index (χ2v) is 11.7. The molecule has 1 aliphatic heterocycles. The van der Waals surface area contributed by atoms with Crippen molar-refractivity contribution in [2.24, 2.45) is 11.3 Å². The highest BCUT2D eigenvalue weighted by atomic mass is 32.1. The predicted molar refractivity (Wildman–Crippen MR) is 130 cm³/mol. The SMILES string of the molecule is CNC(=S)N1CCN(c2nc(C3CC3)nc3sc4c(c23)CCC(C(C)(C)C)C4)CC1. The van der Waals surface area contributed by atoms with Crippen LogP contribution in [0, 0.1) is 11.3 Å². The van der Waals surface area contributed by atoms with Crippen molar-refractivity contribution < 1.29 is 0 Å². The maximum atomic E-state index is 5.45. The summed E-state index contributed by atoms with van der Waals surface area (Å²) >= 11 is 7.40. The molecule has 7 heteroatoms. The van der Waals surface area contributed by atoms with E-state index in [0.29, 0.717) is 11.3 Å². The van der Waals surface area contributed by atoms with Gasteiger partial charge in [-0.15, -0.1) is 11.3 Å². The number of aryl methyl sites for hydroxylation is 1. The molecule has 3 aliphatic rings. The highest BCUT2D eigenvalue weighted by molar-refractivity contribution is 7.80. The Bertz CT molecular complexity index is 964. The van der Waals surface area contributed by atoms with Crippen molar-refractivity contribution in [2.75, 3.05) is 38.1 Å². The van der Waals surface area contributed by atoms with Gasteiger partial charge in [0.1, 0.15) is 16.5 Å². The number of rotatable bonds is 2. The maximum absolute atomic E-state index is 5.45. The van der Waals surface area contributed by atoms with E-state index >= 15 is 0 Å². The van der Waals surface area contributed by atoms with E-state index in [2.05, 4.69) is 35.9 Å². The largest absolute Gasteiger partial charge is 0.366 e. The third-order valence-electron chi connectivity index (χ3n) is 7.15. The van der Waals surface area contributed by atoms with Crippen LogP contribution in [0.4, 0.5) is 5.82 Å². The molecule has 1 unspecified atom stereocenters. The van der Waals surface area contributed by atoms with E-state index < -0.39 is 0 Å². The van der Waals surface area contributed by atoms with Gasteiger partial charge in [0, 0.05) is 44.0 Å². The quantitative estimate of drug-likeness (QED) is 0.697. The molecular formula is C23H33N5S2. The summed E-state index contributed by atoms with van der Waals surface area (Å²) in [6, 6.07) is 0. The van der Waals surface area contributed by atoms with Crippen LogP contribution in [0.2, 0.25) is 0 Å². The molecule has 0 amide bonds. The van der Waals surface area contributed by atoms with Crippen molar-refractivity contribution in [1.29, 1.82) is 0 Å². The normalized spacial score (nSPS) is 22.3. The van der Waals surface area contributed by atoms with E-state index in [1.165, 1.54) is 48.1 Å². The summed E-state index contributed by atoms with van der Waals surface area (Å²) in [6.45, 7) is 11.0. The van der Waals surface area contributed by atoms with Crippen LogP contribution in [-0.4, -0.2) is 53.2 Å². The van der Waals surface area contributed by atoms with E-state index in [9.17, 15) is 0 Å². The monoisotopic (exact) mass is 443 g/mol. The van der Waals surface area contributed by atoms with Gasteiger partial charge in [-0.1, -0.05) is 20.8 Å². The number of hydrogen-bond acceptors (Lipinski definition) is 5. The van der Waals surface area contributed by atoms with Crippen LogP contribution >= 0.6 is 23.6 Å². The second-order valence-electron chi connectivity index (χ2n) is 10.2. The van der Waals surface area contributed by atoms with Crippen molar-refractivity contribution in [3.8, 4) is 0 Å². The first-order chi connectivity index (χ1) is 14.3. The van der Waals surface area contributed by atoms with E-state index in [4.69, 9.17) is 22.2 Å². The Kier molecular flexibility index (Phi) is 5.17. The lowest BCUT2D eigenvalue weighted by atomic mass is 9.72. The minimum Gasteiger partial charge on any atom is -0.366 e. The fourth-order valence-electron chi connectivity index (χ4n) is 4.95. The number of thiophene rings is 1. The highest BCUT2D eigenvalue weighted by Crippen LogP contribution is 2.47. The van der Waals surface area contributed by atoms with Gasteiger partial charge in [-0.05, 0) is 61.2 Å². The third-order valence-corrected chi connectivity index (χ3v) is 8.76. The summed E-state index contributed by atoms with van der Waals surface area (Å²) in [4.78, 5) is 17.8. The molecule has 0 bridgehead atoms. The molecule has 30 heavy (non-hydrogen) atoms. The van der Waals surface area contributed by atoms with Crippen LogP contribution in [0.3, 0.4) is 0 Å². The van der Waals surface area contributed by atoms with Crippen molar-refractivity contribution in [1.82, 2.24) is 20.2 Å². The summed E-state index contributed by atoms with van der Waals surface area (Å²) in [5, 5.41) is 5.33. The molecule has 3 heterocycles. The zero-order valence-corrected chi connectivity index (χ0v) is 20.3. The molecule has 2 aliphatic carbocycles. The van der Waals surface area contributed by atoms with Gasteiger partial charge in [-0.2, -0.15) is 0 Å². The molecule has 1 N–H and O–H groups in total. The number of nitrogens with zero attached hydrogens (tertiary/aromatic N) is 4. The van der Waals surface area contributed by atoms with Gasteiger partial charge in [0.15, 0.2) is 5.11 Å². The standard InChI is InChI=1S/C23H33N5S2/c1-23(2,3)15-7-8-16-17(13-15)30-21-18(16)20(25-19(26-21)14-5-6-14)27-9-11-28(12-10-27)22(29)24-4/h14-15H,5-13H2,1-4H3,(H,24,29). The zero-order chi connectivity index (χ0) is 21.0. The molecule has 2 fully saturated rings. The van der Waals surface area contributed by atoms with Crippen LogP contribution in [-0.2, 0) is 12.8 Å². The number of piperazine rings is 1. The molecule has 0 radical (unpaired) electrons. The van der Waals surface area contributed by atoms with Crippen LogP contribution in [0.1, 0.15) is 62.2 Å². The lowest BCUT2D eigenvalue weighted by Gasteiger charge is -2.37. The fraction of sp³-hybridized carbons (Fsp3) is 0.696. The minimum absolute atomic E-state index is 0.365. The van der Waals surface area contributed by atoms with Crippen LogP contribution < -0.4 is 10.2 Å². The molecule has 5 nitrogen and oxygen atoms in total. The summed E-state index contributed by atoms with van der Waals surface area (Å²) < 4.78 is 0. The van der Waals surface area contributed by atoms with E-state index in [1.807, 2.05) is 18.4 Å². The summed E-state index contributed by atoms with van der Waals surface area (Å²) in [6.07, 6.45) is 6.12. The lowest BCUT2D eigenvalue weighted by molar-refractivity contribution is 0.218. The van der Waals surface area contributed by atoms with Gasteiger partial charge >= 0.3 is 0 Å². The van der Waals surface area contributed by atoms with Crippen LogP contribution in [0.5, 0.6) is 0 Å². The highest BCUT2D eigenvalue weighted by Gasteiger charge is 2.35. The fourth-order valence-corrected chi connectivity index (χ4v) is 6.43. The topological polar surface area (TPSA) is 44.3 Å². The number of nitrogens with one attached hydrogen (secondary N) is 1. The first-order valence-electron chi connectivity index (χ1n) is 11.4. The van der Waals surface area contributed by atoms with Crippen molar-refractivity contribution in [3.63, 3.8) is 0 Å². The average Bonchev–Trinajstić information content (AvgIpc) is 3.52. The second kappa shape index (κ2) is 7.59. The van der Waals surface area contributed by atoms with E-state index in [-0.39, 0.29) is 0 Å². The Balaban J connectivity index is 1.51. The molecule has 2 aromatic rings. The van der Waals surface area contributed by atoms with Gasteiger partial charge < -0.3 is 15.1 Å². The van der Waals surface area contributed by atoms with Crippen LogP contribution in [0.15, 0.2) is 0 Å². The Hall–Kier alpha value is -1.47. The molecular weight excluding hydrogens is 410 g/mol. The number of fused-ring (bicyclic) bond motifs is 3. The number of aromatic nitrogens is 2.